The zero-order chi connectivity index (χ0) is 24.2. The number of ether oxygens (including phenoxy) is 1. The van der Waals surface area contributed by atoms with Crippen molar-refractivity contribution in [1.29, 1.82) is 0 Å². The second kappa shape index (κ2) is 10.4. The minimum atomic E-state index is -3.75. The largest absolute Gasteiger partial charge is 0.444 e. The van der Waals surface area contributed by atoms with Crippen LogP contribution in [-0.4, -0.2) is 68.1 Å². The number of piperidine rings is 1. The quantitative estimate of drug-likeness (QED) is 0.576. The molecule has 2 saturated heterocycles. The second-order valence-electron chi connectivity index (χ2n) is 9.98. The van der Waals surface area contributed by atoms with Crippen LogP contribution in [0.4, 0.5) is 4.79 Å². The van der Waals surface area contributed by atoms with Gasteiger partial charge in [-0.2, -0.15) is 8.42 Å². The van der Waals surface area contributed by atoms with Gasteiger partial charge in [0, 0.05) is 19.6 Å². The van der Waals surface area contributed by atoms with Crippen molar-refractivity contribution < 1.29 is 26.9 Å². The Morgan fingerprint density at radius 2 is 1.67 bits per heavy atom. The summed E-state index contributed by atoms with van der Waals surface area (Å²) in [7, 11) is -3.75. The lowest BCUT2D eigenvalue weighted by Crippen LogP contribution is -2.50. The van der Waals surface area contributed by atoms with Crippen LogP contribution in [0, 0.1) is 12.8 Å². The smallest absolute Gasteiger partial charge is 0.410 e. The van der Waals surface area contributed by atoms with Crippen LogP contribution >= 0.6 is 0 Å². The standard InChI is InChI=1S/C24H36N2O6S/c1-18-7-9-20(10-8-18)33(29,30)31-17-13-19-11-15-25(16-12-19)22(27)21-6-5-14-26(21)23(28)32-24(2,3)4/h7-10,19,21H,5-6,11-17H2,1-4H3. The number of carbonyl (C=O) groups is 2. The van der Waals surface area contributed by atoms with Gasteiger partial charge in [0.15, 0.2) is 0 Å². The Balaban J connectivity index is 1.45. The third-order valence-corrected chi connectivity index (χ3v) is 7.49. The molecule has 0 radical (unpaired) electrons. The van der Waals surface area contributed by atoms with E-state index in [1.165, 1.54) is 0 Å². The summed E-state index contributed by atoms with van der Waals surface area (Å²) in [6, 6.07) is 6.14. The van der Waals surface area contributed by atoms with Gasteiger partial charge in [0.2, 0.25) is 5.91 Å². The van der Waals surface area contributed by atoms with Gasteiger partial charge in [0.25, 0.3) is 10.1 Å². The van der Waals surface area contributed by atoms with E-state index in [2.05, 4.69) is 0 Å². The topological polar surface area (TPSA) is 93.2 Å². The zero-order valence-corrected chi connectivity index (χ0v) is 20.9. The molecule has 2 heterocycles. The van der Waals surface area contributed by atoms with Crippen molar-refractivity contribution in [1.82, 2.24) is 9.80 Å². The lowest BCUT2D eigenvalue weighted by Gasteiger charge is -2.35. The molecule has 0 spiro atoms. The highest BCUT2D eigenvalue weighted by Gasteiger charge is 2.39. The fourth-order valence-corrected chi connectivity index (χ4v) is 5.23. The normalized spacial score (nSPS) is 20.2. The summed E-state index contributed by atoms with van der Waals surface area (Å²) in [5.41, 5.74) is 0.391. The maximum Gasteiger partial charge on any atom is 0.410 e. The van der Waals surface area contributed by atoms with Gasteiger partial charge in [-0.25, -0.2) is 4.79 Å². The van der Waals surface area contributed by atoms with Gasteiger partial charge in [-0.05, 0) is 77.8 Å². The van der Waals surface area contributed by atoms with Crippen LogP contribution in [0.25, 0.3) is 0 Å². The van der Waals surface area contributed by atoms with Crippen molar-refractivity contribution in [2.24, 2.45) is 5.92 Å². The molecule has 2 amide bonds. The predicted molar refractivity (Wildman–Crippen MR) is 124 cm³/mol. The molecule has 1 atom stereocenters. The molecule has 2 aliphatic heterocycles. The predicted octanol–water partition coefficient (Wildman–Crippen LogP) is 3.73. The van der Waals surface area contributed by atoms with E-state index >= 15 is 0 Å². The van der Waals surface area contributed by atoms with Crippen LogP contribution in [0.3, 0.4) is 0 Å². The number of carbonyl (C=O) groups excluding carboxylic acids is 2. The Morgan fingerprint density at radius 1 is 1.03 bits per heavy atom. The lowest BCUT2D eigenvalue weighted by atomic mass is 9.93. The van der Waals surface area contributed by atoms with E-state index in [0.29, 0.717) is 38.4 Å². The number of likely N-dealkylation sites (tertiary alicyclic amines) is 2. The summed E-state index contributed by atoms with van der Waals surface area (Å²) in [6.45, 7) is 9.23. The molecule has 8 nitrogen and oxygen atoms in total. The maximum absolute atomic E-state index is 13.1. The van der Waals surface area contributed by atoms with Crippen molar-refractivity contribution in [3.05, 3.63) is 29.8 Å². The molecule has 0 aromatic heterocycles. The molecule has 1 unspecified atom stereocenters. The first-order valence-electron chi connectivity index (χ1n) is 11.7. The van der Waals surface area contributed by atoms with Crippen molar-refractivity contribution >= 4 is 22.1 Å². The van der Waals surface area contributed by atoms with E-state index < -0.39 is 27.9 Å². The third-order valence-electron chi connectivity index (χ3n) is 6.17. The summed E-state index contributed by atoms with van der Waals surface area (Å²) < 4.78 is 35.4. The first-order valence-corrected chi connectivity index (χ1v) is 13.1. The SMILES string of the molecule is Cc1ccc(S(=O)(=O)OCCC2CCN(C(=O)C3CCCN3C(=O)OC(C)(C)C)CC2)cc1. The summed E-state index contributed by atoms with van der Waals surface area (Å²) >= 11 is 0. The molecule has 0 bridgehead atoms. The molecular formula is C24H36N2O6S. The fourth-order valence-electron chi connectivity index (χ4n) is 4.31. The van der Waals surface area contributed by atoms with E-state index in [0.717, 1.165) is 24.8 Å². The highest BCUT2D eigenvalue weighted by atomic mass is 32.2. The van der Waals surface area contributed by atoms with E-state index in [9.17, 15) is 18.0 Å². The lowest BCUT2D eigenvalue weighted by molar-refractivity contribution is -0.137. The molecule has 184 valence electrons. The number of hydrogen-bond acceptors (Lipinski definition) is 6. The average molecular weight is 481 g/mol. The van der Waals surface area contributed by atoms with E-state index in [-0.39, 0.29) is 17.4 Å². The Hall–Kier alpha value is -2.13. The molecule has 0 N–H and O–H groups in total. The maximum atomic E-state index is 13.1. The van der Waals surface area contributed by atoms with Crippen molar-refractivity contribution in [2.75, 3.05) is 26.2 Å². The monoisotopic (exact) mass is 480 g/mol. The number of amides is 2. The van der Waals surface area contributed by atoms with E-state index in [4.69, 9.17) is 8.92 Å². The summed E-state index contributed by atoms with van der Waals surface area (Å²) in [6.07, 6.45) is 3.22. The Kier molecular flexibility index (Phi) is 8.05. The summed E-state index contributed by atoms with van der Waals surface area (Å²) in [5, 5.41) is 0. The highest BCUT2D eigenvalue weighted by Crippen LogP contribution is 2.26. The molecule has 3 rings (SSSR count). The molecule has 1 aromatic carbocycles. The van der Waals surface area contributed by atoms with E-state index in [1.54, 1.807) is 29.2 Å². The highest BCUT2D eigenvalue weighted by molar-refractivity contribution is 7.86. The van der Waals surface area contributed by atoms with Gasteiger partial charge in [0.05, 0.1) is 11.5 Å². The number of aryl methyl sites for hydroxylation is 1. The van der Waals surface area contributed by atoms with Gasteiger partial charge in [-0.15, -0.1) is 0 Å². The Labute approximate surface area is 197 Å². The Bertz CT molecular complexity index is 931. The van der Waals surface area contributed by atoms with Gasteiger partial charge in [-0.1, -0.05) is 17.7 Å². The van der Waals surface area contributed by atoms with Crippen LogP contribution in [0.15, 0.2) is 29.2 Å². The van der Waals surface area contributed by atoms with Crippen LogP contribution in [0.1, 0.15) is 58.4 Å². The van der Waals surface area contributed by atoms with Crippen LogP contribution in [0.2, 0.25) is 0 Å². The number of rotatable bonds is 6. The molecular weight excluding hydrogens is 444 g/mol. The summed E-state index contributed by atoms with van der Waals surface area (Å²) in [5.74, 6) is 0.280. The minimum absolute atomic E-state index is 0.0185. The van der Waals surface area contributed by atoms with Gasteiger partial charge < -0.3 is 9.64 Å². The number of hydrogen-bond donors (Lipinski definition) is 0. The first kappa shape index (κ1) is 25.5. The van der Waals surface area contributed by atoms with Crippen LogP contribution < -0.4 is 0 Å². The van der Waals surface area contributed by atoms with E-state index in [1.807, 2.05) is 32.6 Å². The van der Waals surface area contributed by atoms with Crippen LogP contribution in [-0.2, 0) is 23.8 Å². The number of nitrogens with zero attached hydrogens (tertiary/aromatic N) is 2. The first-order chi connectivity index (χ1) is 15.5. The molecule has 2 aliphatic rings. The van der Waals surface area contributed by atoms with Crippen molar-refractivity contribution in [3.63, 3.8) is 0 Å². The molecule has 1 aromatic rings. The fraction of sp³-hybridized carbons (Fsp3) is 0.667. The van der Waals surface area contributed by atoms with Crippen molar-refractivity contribution in [2.45, 2.75) is 76.3 Å². The minimum Gasteiger partial charge on any atom is -0.444 e. The van der Waals surface area contributed by atoms with Crippen molar-refractivity contribution in [3.8, 4) is 0 Å². The molecule has 2 fully saturated rings. The second-order valence-corrected chi connectivity index (χ2v) is 11.6. The molecule has 9 heteroatoms. The molecule has 0 aliphatic carbocycles. The zero-order valence-electron chi connectivity index (χ0n) is 20.1. The third kappa shape index (κ3) is 6.93. The molecule has 0 saturated carbocycles. The van der Waals surface area contributed by atoms with Gasteiger partial charge in [0.1, 0.15) is 11.6 Å². The Morgan fingerprint density at radius 3 is 2.27 bits per heavy atom. The number of benzene rings is 1. The summed E-state index contributed by atoms with van der Waals surface area (Å²) in [4.78, 5) is 29.1. The van der Waals surface area contributed by atoms with Gasteiger partial charge >= 0.3 is 6.09 Å². The average Bonchev–Trinajstić information content (AvgIpc) is 3.23. The van der Waals surface area contributed by atoms with Crippen LogP contribution in [0.5, 0.6) is 0 Å². The van der Waals surface area contributed by atoms with Gasteiger partial charge in [-0.3, -0.25) is 13.9 Å². The molecule has 33 heavy (non-hydrogen) atoms.